The average Bonchev–Trinajstić information content (AvgIpc) is 3.99. The minimum absolute atomic E-state index is 0.0179. The predicted molar refractivity (Wildman–Crippen MR) is 178 cm³/mol. The second kappa shape index (κ2) is 18.6. The summed E-state index contributed by atoms with van der Waals surface area (Å²) in [6, 6.07) is 10.3. The molecule has 2 amide bonds. The van der Waals surface area contributed by atoms with Crippen molar-refractivity contribution in [3.05, 3.63) is 105 Å². The molecule has 0 radical (unpaired) electrons. The van der Waals surface area contributed by atoms with Crippen LogP contribution in [-0.2, 0) is 32.1 Å². The van der Waals surface area contributed by atoms with Gasteiger partial charge in [-0.25, -0.2) is 27.2 Å². The van der Waals surface area contributed by atoms with Crippen LogP contribution in [0.25, 0.3) is 5.57 Å². The molecule has 5 rings (SSSR count). The van der Waals surface area contributed by atoms with Crippen molar-refractivity contribution in [3.63, 3.8) is 0 Å². The normalized spacial score (nSPS) is 15.8. The molecular formula is C36H37ClF5N3O8. The monoisotopic (exact) mass is 769 g/mol. The summed E-state index contributed by atoms with van der Waals surface area (Å²) in [5, 5.41) is 16.2. The number of rotatable bonds is 17. The van der Waals surface area contributed by atoms with E-state index in [0.717, 1.165) is 23.8 Å². The third kappa shape index (κ3) is 10.6. The molecule has 0 aromatic heterocycles. The first kappa shape index (κ1) is 39.9. The van der Waals surface area contributed by atoms with Crippen LogP contribution in [0.4, 0.5) is 26.7 Å². The number of hydrogen-bond acceptors (Lipinski definition) is 9. The van der Waals surface area contributed by atoms with Crippen LogP contribution < -0.4 is 4.74 Å². The van der Waals surface area contributed by atoms with Crippen LogP contribution in [-0.4, -0.2) is 89.8 Å². The number of halogens is 6. The molecule has 0 bridgehead atoms. The van der Waals surface area contributed by atoms with E-state index in [-0.39, 0.29) is 64.3 Å². The van der Waals surface area contributed by atoms with E-state index in [2.05, 4.69) is 4.84 Å². The van der Waals surface area contributed by atoms with Gasteiger partial charge in [-0.3, -0.25) is 15.2 Å². The first-order valence-electron chi connectivity index (χ1n) is 16.7. The Balaban J connectivity index is 1.28. The Hall–Kier alpha value is -4.32. The lowest BCUT2D eigenvalue weighted by Gasteiger charge is -2.35. The van der Waals surface area contributed by atoms with E-state index < -0.39 is 63.2 Å². The number of ether oxygens (including phenoxy) is 3. The minimum atomic E-state index is -1.40. The summed E-state index contributed by atoms with van der Waals surface area (Å²) in [5.41, 5.74) is 1.96. The third-order valence-corrected chi connectivity index (χ3v) is 9.05. The fourth-order valence-corrected chi connectivity index (χ4v) is 6.01. The van der Waals surface area contributed by atoms with Gasteiger partial charge in [0.15, 0.2) is 17.4 Å². The molecule has 3 aromatic carbocycles. The zero-order valence-corrected chi connectivity index (χ0v) is 29.0. The molecular weight excluding hydrogens is 733 g/mol. The number of carbonyl (C=O) groups is 2. The highest BCUT2D eigenvalue weighted by Gasteiger charge is 2.40. The van der Waals surface area contributed by atoms with Crippen molar-refractivity contribution in [3.8, 4) is 5.75 Å². The molecule has 3 aromatic rings. The highest BCUT2D eigenvalue weighted by molar-refractivity contribution is 6.31. The molecule has 53 heavy (non-hydrogen) atoms. The lowest BCUT2D eigenvalue weighted by atomic mass is 9.87. The molecule has 1 unspecified atom stereocenters. The zero-order chi connectivity index (χ0) is 38.1. The van der Waals surface area contributed by atoms with Crippen molar-refractivity contribution in [2.45, 2.75) is 38.3 Å². The molecule has 1 fully saturated rings. The van der Waals surface area contributed by atoms with E-state index in [9.17, 15) is 31.5 Å². The first-order valence-corrected chi connectivity index (χ1v) is 17.1. The number of amides is 2. The van der Waals surface area contributed by atoms with Crippen LogP contribution >= 0.6 is 11.6 Å². The lowest BCUT2D eigenvalue weighted by molar-refractivity contribution is -0.493. The fourth-order valence-electron chi connectivity index (χ4n) is 5.80. The highest BCUT2D eigenvalue weighted by Crippen LogP contribution is 2.37. The summed E-state index contributed by atoms with van der Waals surface area (Å²) in [6.07, 6.45) is 3.11. The molecule has 1 heterocycles. The van der Waals surface area contributed by atoms with E-state index in [4.69, 9.17) is 36.2 Å². The van der Waals surface area contributed by atoms with Crippen molar-refractivity contribution >= 4 is 29.2 Å². The number of aryl methyl sites for hydroxylation is 1. The van der Waals surface area contributed by atoms with Crippen LogP contribution in [0.3, 0.4) is 0 Å². The molecule has 1 aliphatic heterocycles. The van der Waals surface area contributed by atoms with Gasteiger partial charge in [-0.15, -0.1) is 0 Å². The van der Waals surface area contributed by atoms with Crippen LogP contribution in [0.1, 0.15) is 36.0 Å². The van der Waals surface area contributed by atoms with Gasteiger partial charge in [0, 0.05) is 24.7 Å². The maximum Gasteiger partial charge on any atom is 0.410 e. The summed E-state index contributed by atoms with van der Waals surface area (Å²) < 4.78 is 86.2. The maximum absolute atomic E-state index is 14.9. The Bertz CT molecular complexity index is 1780. The van der Waals surface area contributed by atoms with Gasteiger partial charge in [-0.05, 0) is 66.6 Å². The highest BCUT2D eigenvalue weighted by atomic mass is 35.5. The van der Waals surface area contributed by atoms with Crippen LogP contribution in [0, 0.1) is 35.0 Å². The number of benzene rings is 3. The SMILES string of the molecule is O=C(OCCOCCON(O)O)N1CC=C(c2ccc(CCCOc3c(F)ccc(F)c3F)cc2)C(C(=O)N(Cc2c(F)ccc(F)c2Cl)C2CC2)C1. The summed E-state index contributed by atoms with van der Waals surface area (Å²) in [5.74, 6) is -7.32. The number of carbonyl (C=O) groups excluding carboxylic acids is 2. The maximum atomic E-state index is 14.9. The van der Waals surface area contributed by atoms with Gasteiger partial charge >= 0.3 is 6.09 Å². The van der Waals surface area contributed by atoms with Crippen LogP contribution in [0.2, 0.25) is 5.02 Å². The molecule has 1 saturated carbocycles. The van der Waals surface area contributed by atoms with Gasteiger partial charge in [0.2, 0.25) is 11.7 Å². The van der Waals surface area contributed by atoms with E-state index in [0.29, 0.717) is 42.9 Å². The molecule has 0 saturated heterocycles. The van der Waals surface area contributed by atoms with E-state index in [1.807, 2.05) is 12.1 Å². The lowest BCUT2D eigenvalue weighted by Crippen LogP contribution is -2.47. The molecule has 286 valence electrons. The predicted octanol–water partition coefficient (Wildman–Crippen LogP) is 6.72. The summed E-state index contributed by atoms with van der Waals surface area (Å²) in [7, 11) is 0. The number of nitrogens with zero attached hydrogens (tertiary/aromatic N) is 3. The van der Waals surface area contributed by atoms with Crippen LogP contribution in [0.5, 0.6) is 5.75 Å². The Morgan fingerprint density at radius 2 is 1.53 bits per heavy atom. The van der Waals surface area contributed by atoms with Gasteiger partial charge in [0.1, 0.15) is 18.2 Å². The molecule has 1 aliphatic carbocycles. The molecule has 0 spiro atoms. The molecule has 2 N–H and O–H groups in total. The quantitative estimate of drug-likeness (QED) is 0.0668. The number of hydrogen-bond donors (Lipinski definition) is 2. The van der Waals surface area contributed by atoms with E-state index in [1.54, 1.807) is 18.2 Å². The van der Waals surface area contributed by atoms with E-state index in [1.165, 1.54) is 9.80 Å². The zero-order valence-electron chi connectivity index (χ0n) is 28.3. The summed E-state index contributed by atoms with van der Waals surface area (Å²) in [4.78, 5) is 34.6. The Labute approximate surface area is 306 Å². The second-order valence-corrected chi connectivity index (χ2v) is 12.6. The Kier molecular flexibility index (Phi) is 14.0. The Morgan fingerprint density at radius 3 is 2.25 bits per heavy atom. The van der Waals surface area contributed by atoms with Crippen molar-refractivity contribution in [2.24, 2.45) is 5.92 Å². The largest absolute Gasteiger partial charge is 0.488 e. The average molecular weight is 770 g/mol. The summed E-state index contributed by atoms with van der Waals surface area (Å²) >= 11 is 6.13. The summed E-state index contributed by atoms with van der Waals surface area (Å²) in [6.45, 7) is -0.697. The van der Waals surface area contributed by atoms with Gasteiger partial charge in [-0.1, -0.05) is 41.9 Å². The fraction of sp³-hybridized carbons (Fsp3) is 0.389. The minimum Gasteiger partial charge on any atom is -0.488 e. The van der Waals surface area contributed by atoms with Crippen molar-refractivity contribution in [1.82, 2.24) is 15.2 Å². The third-order valence-electron chi connectivity index (χ3n) is 8.64. The van der Waals surface area contributed by atoms with Crippen molar-refractivity contribution in [2.75, 3.05) is 46.1 Å². The smallest absolute Gasteiger partial charge is 0.410 e. The topological polar surface area (TPSA) is 121 Å². The van der Waals surface area contributed by atoms with Crippen molar-refractivity contribution < 1.29 is 61.0 Å². The van der Waals surface area contributed by atoms with Crippen molar-refractivity contribution in [1.29, 1.82) is 0 Å². The Morgan fingerprint density at radius 1 is 0.849 bits per heavy atom. The molecule has 1 atom stereocenters. The second-order valence-electron chi connectivity index (χ2n) is 12.3. The van der Waals surface area contributed by atoms with Gasteiger partial charge in [0.05, 0.1) is 49.3 Å². The van der Waals surface area contributed by atoms with E-state index >= 15 is 0 Å². The standard InChI is InChI=1S/C36H37ClF5N3O8/c37-32-27(28(38)9-10-29(32)39)21-44(24-7-8-24)35(46)26-20-43(36(47)52-18-16-50-17-19-53-45(48)49)14-13-25(26)23-5-3-22(4-6-23)2-1-15-51-34-31(41)12-11-30(40)33(34)42/h3-6,9-13,24,26,48-49H,1-2,7-8,14-21H2. The van der Waals surface area contributed by atoms with Gasteiger partial charge < -0.3 is 24.0 Å². The van der Waals surface area contributed by atoms with Gasteiger partial charge in [0.25, 0.3) is 0 Å². The molecule has 2 aliphatic rings. The first-order chi connectivity index (χ1) is 25.4. The van der Waals surface area contributed by atoms with Crippen LogP contribution in [0.15, 0.2) is 54.6 Å². The van der Waals surface area contributed by atoms with Gasteiger partial charge in [-0.2, -0.15) is 4.39 Å². The molecule has 11 nitrogen and oxygen atoms in total. The molecule has 17 heteroatoms.